The van der Waals surface area contributed by atoms with Crippen LogP contribution in [0.1, 0.15) is 10.4 Å². The van der Waals surface area contributed by atoms with Gasteiger partial charge in [-0.15, -0.1) is 0 Å². The molecule has 2 amide bonds. The molecule has 1 fully saturated rings. The molecule has 1 aromatic heterocycles. The number of aromatic nitrogens is 1. The summed E-state index contributed by atoms with van der Waals surface area (Å²) in [4.78, 5) is 40.3. The lowest BCUT2D eigenvalue weighted by Crippen LogP contribution is -2.50. The molecule has 106 valence electrons. The highest BCUT2D eigenvalue weighted by molar-refractivity contribution is 6.00. The van der Waals surface area contributed by atoms with Crippen molar-refractivity contribution in [3.63, 3.8) is 0 Å². The van der Waals surface area contributed by atoms with Crippen molar-refractivity contribution in [3.8, 4) is 0 Å². The van der Waals surface area contributed by atoms with Crippen molar-refractivity contribution >= 4 is 23.3 Å². The Morgan fingerprint density at radius 2 is 2.20 bits per heavy atom. The van der Waals surface area contributed by atoms with Crippen LogP contribution < -0.4 is 5.73 Å². The maximum atomic E-state index is 12.3. The number of nitrogens with zero attached hydrogens (tertiary/aromatic N) is 4. The van der Waals surface area contributed by atoms with E-state index in [4.69, 9.17) is 5.73 Å². The normalized spacial score (nSPS) is 15.3. The molecular weight excluding hydrogens is 266 g/mol. The second kappa shape index (κ2) is 5.11. The second-order valence-electron chi connectivity index (χ2n) is 4.43. The van der Waals surface area contributed by atoms with Gasteiger partial charge >= 0.3 is 0 Å². The molecule has 1 aliphatic rings. The highest BCUT2D eigenvalue weighted by Crippen LogP contribution is 2.19. The van der Waals surface area contributed by atoms with Crippen LogP contribution in [-0.4, -0.2) is 58.2 Å². The molecule has 2 N–H and O–H groups in total. The fourth-order valence-corrected chi connectivity index (χ4v) is 1.84. The molecular formula is C11H13N5O4. The number of nitro groups is 1. The van der Waals surface area contributed by atoms with Crippen LogP contribution in [-0.2, 0) is 4.79 Å². The van der Waals surface area contributed by atoms with E-state index in [0.717, 1.165) is 12.3 Å². The smallest absolute Gasteiger partial charge is 0.288 e. The van der Waals surface area contributed by atoms with Crippen molar-refractivity contribution in [3.05, 3.63) is 27.9 Å². The van der Waals surface area contributed by atoms with E-state index in [1.807, 2.05) is 0 Å². The van der Waals surface area contributed by atoms with Crippen LogP contribution in [0.25, 0.3) is 0 Å². The van der Waals surface area contributed by atoms with Crippen LogP contribution in [0, 0.1) is 10.1 Å². The summed E-state index contributed by atoms with van der Waals surface area (Å²) in [6.07, 6.45) is 0.987. The van der Waals surface area contributed by atoms with Crippen LogP contribution >= 0.6 is 0 Å². The van der Waals surface area contributed by atoms with Gasteiger partial charge in [0.15, 0.2) is 0 Å². The van der Waals surface area contributed by atoms with Crippen LogP contribution in [0.5, 0.6) is 0 Å². The zero-order valence-electron chi connectivity index (χ0n) is 10.8. The van der Waals surface area contributed by atoms with Gasteiger partial charge in [-0.3, -0.25) is 19.7 Å². The maximum Gasteiger partial charge on any atom is 0.288 e. The number of carbonyl (C=O) groups is 2. The standard InChI is InChI=1S/C11H13N5O4/c1-14-2-3-15(6-9(14)17)11(18)8-4-7(16(19)20)5-13-10(8)12/h4-5H,2-3,6H2,1H3,(H2,12,13). The summed E-state index contributed by atoms with van der Waals surface area (Å²) in [5.74, 6) is -0.811. The van der Waals surface area contributed by atoms with Crippen LogP contribution in [0.3, 0.4) is 0 Å². The molecule has 2 rings (SSSR count). The Kier molecular flexibility index (Phi) is 3.51. The maximum absolute atomic E-state index is 12.3. The average molecular weight is 279 g/mol. The summed E-state index contributed by atoms with van der Waals surface area (Å²) in [5, 5.41) is 10.7. The van der Waals surface area contributed by atoms with Crippen LogP contribution in [0.4, 0.5) is 11.5 Å². The first-order valence-corrected chi connectivity index (χ1v) is 5.83. The summed E-state index contributed by atoms with van der Waals surface area (Å²) in [6, 6.07) is 1.08. The minimum absolute atomic E-state index is 0.0587. The fourth-order valence-electron chi connectivity index (χ4n) is 1.84. The SMILES string of the molecule is CN1CCN(C(=O)c2cc([N+](=O)[O-])cnc2N)CC1=O. The van der Waals surface area contributed by atoms with Crippen molar-refractivity contribution in [2.75, 3.05) is 32.4 Å². The van der Waals surface area contributed by atoms with Gasteiger partial charge in [0.25, 0.3) is 11.6 Å². The largest absolute Gasteiger partial charge is 0.383 e. The number of piperazine rings is 1. The Hall–Kier alpha value is -2.71. The van der Waals surface area contributed by atoms with E-state index in [0.29, 0.717) is 13.1 Å². The van der Waals surface area contributed by atoms with E-state index in [1.165, 1.54) is 9.80 Å². The van der Waals surface area contributed by atoms with Crippen molar-refractivity contribution in [1.82, 2.24) is 14.8 Å². The monoisotopic (exact) mass is 279 g/mol. The average Bonchev–Trinajstić information content (AvgIpc) is 2.41. The molecule has 1 aliphatic heterocycles. The lowest BCUT2D eigenvalue weighted by Gasteiger charge is -2.32. The highest BCUT2D eigenvalue weighted by atomic mass is 16.6. The van der Waals surface area contributed by atoms with E-state index in [9.17, 15) is 19.7 Å². The second-order valence-corrected chi connectivity index (χ2v) is 4.43. The first-order chi connectivity index (χ1) is 9.40. The minimum atomic E-state index is -0.654. The Bertz CT molecular complexity index is 588. The van der Waals surface area contributed by atoms with Gasteiger partial charge in [0.1, 0.15) is 18.6 Å². The lowest BCUT2D eigenvalue weighted by atomic mass is 10.2. The predicted octanol–water partition coefficient (Wildman–Crippen LogP) is -0.514. The third-order valence-corrected chi connectivity index (χ3v) is 3.09. The van der Waals surface area contributed by atoms with Crippen molar-refractivity contribution < 1.29 is 14.5 Å². The molecule has 9 nitrogen and oxygen atoms in total. The lowest BCUT2D eigenvalue weighted by molar-refractivity contribution is -0.385. The van der Waals surface area contributed by atoms with E-state index in [2.05, 4.69) is 4.98 Å². The number of likely N-dealkylation sites (N-methyl/N-ethyl adjacent to an activating group) is 1. The van der Waals surface area contributed by atoms with E-state index in [-0.39, 0.29) is 29.5 Å². The molecule has 0 aromatic carbocycles. The number of pyridine rings is 1. The molecule has 0 radical (unpaired) electrons. The van der Waals surface area contributed by atoms with Gasteiger partial charge in [0.05, 0.1) is 10.5 Å². The summed E-state index contributed by atoms with van der Waals surface area (Å²) in [7, 11) is 1.65. The van der Waals surface area contributed by atoms with Crippen molar-refractivity contribution in [2.45, 2.75) is 0 Å². The third kappa shape index (κ3) is 2.51. The predicted molar refractivity (Wildman–Crippen MR) is 68.8 cm³/mol. The topological polar surface area (TPSA) is 123 Å². The molecule has 0 unspecified atom stereocenters. The van der Waals surface area contributed by atoms with Crippen molar-refractivity contribution in [1.29, 1.82) is 0 Å². The number of hydrogen-bond acceptors (Lipinski definition) is 6. The highest BCUT2D eigenvalue weighted by Gasteiger charge is 2.28. The van der Waals surface area contributed by atoms with E-state index in [1.54, 1.807) is 7.05 Å². The summed E-state index contributed by atoms with van der Waals surface area (Å²) < 4.78 is 0. The number of amides is 2. The third-order valence-electron chi connectivity index (χ3n) is 3.09. The number of carbonyl (C=O) groups excluding carboxylic acids is 2. The Morgan fingerprint density at radius 1 is 1.50 bits per heavy atom. The van der Waals surface area contributed by atoms with Crippen LogP contribution in [0.2, 0.25) is 0 Å². The minimum Gasteiger partial charge on any atom is -0.383 e. The zero-order valence-corrected chi connectivity index (χ0v) is 10.8. The molecule has 9 heteroatoms. The van der Waals surface area contributed by atoms with Gasteiger partial charge in [0, 0.05) is 26.2 Å². The quantitative estimate of drug-likeness (QED) is 0.574. The number of nitrogens with two attached hydrogens (primary N) is 1. The van der Waals surface area contributed by atoms with Gasteiger partial charge in [-0.1, -0.05) is 0 Å². The Balaban J connectivity index is 2.27. The first kappa shape index (κ1) is 13.7. The molecule has 0 bridgehead atoms. The summed E-state index contributed by atoms with van der Waals surface area (Å²) in [5.41, 5.74) is 5.21. The van der Waals surface area contributed by atoms with Gasteiger partial charge in [0.2, 0.25) is 5.91 Å². The number of rotatable bonds is 2. The number of nitrogen functional groups attached to an aromatic ring is 1. The molecule has 2 heterocycles. The Labute approximate surface area is 114 Å². The number of hydrogen-bond donors (Lipinski definition) is 1. The van der Waals surface area contributed by atoms with Gasteiger partial charge in [-0.2, -0.15) is 0 Å². The molecule has 1 aromatic rings. The van der Waals surface area contributed by atoms with E-state index < -0.39 is 10.8 Å². The van der Waals surface area contributed by atoms with Gasteiger partial charge in [-0.25, -0.2) is 4.98 Å². The summed E-state index contributed by atoms with van der Waals surface area (Å²) in [6.45, 7) is 0.688. The van der Waals surface area contributed by atoms with Crippen molar-refractivity contribution in [2.24, 2.45) is 0 Å². The zero-order chi connectivity index (χ0) is 14.9. The molecule has 0 spiro atoms. The molecule has 20 heavy (non-hydrogen) atoms. The molecule has 0 atom stereocenters. The van der Waals surface area contributed by atoms with E-state index >= 15 is 0 Å². The molecule has 1 saturated heterocycles. The Morgan fingerprint density at radius 3 is 2.80 bits per heavy atom. The fraction of sp³-hybridized carbons (Fsp3) is 0.364. The number of anilines is 1. The van der Waals surface area contributed by atoms with Crippen LogP contribution in [0.15, 0.2) is 12.3 Å². The molecule has 0 saturated carbocycles. The summed E-state index contributed by atoms with van der Waals surface area (Å²) >= 11 is 0. The molecule has 0 aliphatic carbocycles. The first-order valence-electron chi connectivity index (χ1n) is 5.83. The van der Waals surface area contributed by atoms with Gasteiger partial charge < -0.3 is 15.5 Å². The van der Waals surface area contributed by atoms with Gasteiger partial charge in [-0.05, 0) is 0 Å².